The second-order valence-electron chi connectivity index (χ2n) is 5.25. The molecule has 1 atom stereocenters. The van der Waals surface area contributed by atoms with Crippen LogP contribution in [0.4, 0.5) is 0 Å². The van der Waals surface area contributed by atoms with Gasteiger partial charge in [-0.1, -0.05) is 25.7 Å². The number of nitrogens with zero attached hydrogens (tertiary/aromatic N) is 1. The van der Waals surface area contributed by atoms with Crippen molar-refractivity contribution in [2.75, 3.05) is 13.1 Å². The molecule has 1 saturated heterocycles. The Labute approximate surface area is 118 Å². The fourth-order valence-corrected chi connectivity index (χ4v) is 3.16. The molecule has 0 aliphatic carbocycles. The first kappa shape index (κ1) is 14.1. The summed E-state index contributed by atoms with van der Waals surface area (Å²) in [6.07, 6.45) is 0.697. The molecule has 0 bridgehead atoms. The third-order valence-corrected chi connectivity index (χ3v) is 4.49. The van der Waals surface area contributed by atoms with E-state index in [1.165, 1.54) is 4.88 Å². The number of nitrogens with two attached hydrogens (primary N) is 1. The zero-order valence-electron chi connectivity index (χ0n) is 11.5. The van der Waals surface area contributed by atoms with Crippen molar-refractivity contribution in [3.8, 4) is 11.8 Å². The van der Waals surface area contributed by atoms with Crippen molar-refractivity contribution < 1.29 is 4.79 Å². The van der Waals surface area contributed by atoms with E-state index < -0.39 is 0 Å². The molecule has 0 aromatic carbocycles. The first-order valence-electron chi connectivity index (χ1n) is 6.65. The Bertz CT molecular complexity index is 510. The summed E-state index contributed by atoms with van der Waals surface area (Å²) in [4.78, 5) is 16.1. The SMILES string of the molecule is CC(C)C1CC(=O)N(Cc2ccc(C#CCN)s2)C1. The zero-order valence-corrected chi connectivity index (χ0v) is 12.3. The van der Waals surface area contributed by atoms with Crippen molar-refractivity contribution in [3.05, 3.63) is 21.9 Å². The lowest BCUT2D eigenvalue weighted by atomic mass is 9.95. The highest BCUT2D eigenvalue weighted by atomic mass is 32.1. The van der Waals surface area contributed by atoms with Gasteiger partial charge < -0.3 is 10.6 Å². The lowest BCUT2D eigenvalue weighted by Crippen LogP contribution is -2.24. The van der Waals surface area contributed by atoms with E-state index in [1.54, 1.807) is 11.3 Å². The number of rotatable bonds is 3. The molecule has 1 amide bonds. The van der Waals surface area contributed by atoms with Gasteiger partial charge in [0.05, 0.1) is 18.0 Å². The van der Waals surface area contributed by atoms with Crippen molar-refractivity contribution in [2.24, 2.45) is 17.6 Å². The van der Waals surface area contributed by atoms with E-state index in [-0.39, 0.29) is 5.91 Å². The Balaban J connectivity index is 1.98. The lowest BCUT2D eigenvalue weighted by Gasteiger charge is -2.17. The number of carbonyl (C=O) groups excluding carboxylic acids is 1. The molecule has 3 nitrogen and oxygen atoms in total. The fraction of sp³-hybridized carbons (Fsp3) is 0.533. The predicted molar refractivity (Wildman–Crippen MR) is 78.6 cm³/mol. The van der Waals surface area contributed by atoms with Gasteiger partial charge in [0, 0.05) is 17.8 Å². The van der Waals surface area contributed by atoms with Crippen LogP contribution in [0.2, 0.25) is 0 Å². The highest BCUT2D eigenvalue weighted by Crippen LogP contribution is 2.27. The Hall–Kier alpha value is -1.31. The molecule has 1 aromatic rings. The fourth-order valence-electron chi connectivity index (χ4n) is 2.26. The molecule has 1 aliphatic rings. The molecular weight excluding hydrogens is 256 g/mol. The largest absolute Gasteiger partial charge is 0.337 e. The van der Waals surface area contributed by atoms with E-state index in [0.29, 0.717) is 24.8 Å². The molecule has 4 heteroatoms. The summed E-state index contributed by atoms with van der Waals surface area (Å²) in [5, 5.41) is 0. The van der Waals surface area contributed by atoms with E-state index in [0.717, 1.165) is 18.0 Å². The van der Waals surface area contributed by atoms with E-state index in [4.69, 9.17) is 5.73 Å². The molecular formula is C15H20N2OS. The first-order chi connectivity index (χ1) is 9.10. The Morgan fingerprint density at radius 3 is 2.95 bits per heavy atom. The summed E-state index contributed by atoms with van der Waals surface area (Å²) < 4.78 is 0. The van der Waals surface area contributed by atoms with Crippen LogP contribution in [-0.2, 0) is 11.3 Å². The van der Waals surface area contributed by atoms with Crippen LogP contribution in [0.1, 0.15) is 30.0 Å². The van der Waals surface area contributed by atoms with Gasteiger partial charge in [0.2, 0.25) is 5.91 Å². The lowest BCUT2D eigenvalue weighted by molar-refractivity contribution is -0.128. The zero-order chi connectivity index (χ0) is 13.8. The van der Waals surface area contributed by atoms with E-state index in [9.17, 15) is 4.79 Å². The number of thiophene rings is 1. The van der Waals surface area contributed by atoms with Crippen LogP contribution in [0.25, 0.3) is 0 Å². The number of likely N-dealkylation sites (tertiary alicyclic amines) is 1. The number of hydrogen-bond acceptors (Lipinski definition) is 3. The molecule has 2 N–H and O–H groups in total. The van der Waals surface area contributed by atoms with Gasteiger partial charge in [-0.05, 0) is 24.0 Å². The second kappa shape index (κ2) is 6.23. The van der Waals surface area contributed by atoms with E-state index in [1.807, 2.05) is 11.0 Å². The smallest absolute Gasteiger partial charge is 0.223 e. The summed E-state index contributed by atoms with van der Waals surface area (Å²) in [6, 6.07) is 4.06. The molecule has 0 spiro atoms. The maximum atomic E-state index is 12.0. The molecule has 2 rings (SSSR count). The van der Waals surface area contributed by atoms with Crippen LogP contribution < -0.4 is 5.73 Å². The second-order valence-corrected chi connectivity index (χ2v) is 6.42. The molecule has 19 heavy (non-hydrogen) atoms. The monoisotopic (exact) mass is 276 g/mol. The summed E-state index contributed by atoms with van der Waals surface area (Å²) in [5.74, 6) is 7.23. The summed E-state index contributed by atoms with van der Waals surface area (Å²) in [7, 11) is 0. The van der Waals surface area contributed by atoms with Crippen LogP contribution in [-0.4, -0.2) is 23.9 Å². The summed E-state index contributed by atoms with van der Waals surface area (Å²) in [6.45, 7) is 6.36. The Morgan fingerprint density at radius 1 is 1.53 bits per heavy atom. The van der Waals surface area contributed by atoms with Gasteiger partial charge in [-0.25, -0.2) is 0 Å². The Kier molecular flexibility index (Phi) is 4.62. The topological polar surface area (TPSA) is 46.3 Å². The summed E-state index contributed by atoms with van der Waals surface area (Å²) in [5.41, 5.74) is 5.36. The molecule has 2 heterocycles. The molecule has 1 unspecified atom stereocenters. The van der Waals surface area contributed by atoms with Crippen LogP contribution in [0, 0.1) is 23.7 Å². The van der Waals surface area contributed by atoms with Crippen LogP contribution in [0.3, 0.4) is 0 Å². The molecule has 1 aliphatic heterocycles. The van der Waals surface area contributed by atoms with Gasteiger partial charge in [-0.2, -0.15) is 0 Å². The van der Waals surface area contributed by atoms with Crippen molar-refractivity contribution >= 4 is 17.2 Å². The van der Waals surface area contributed by atoms with Gasteiger partial charge in [0.15, 0.2) is 0 Å². The van der Waals surface area contributed by atoms with Gasteiger partial charge in [-0.15, -0.1) is 11.3 Å². The third kappa shape index (κ3) is 3.59. The number of carbonyl (C=O) groups is 1. The summed E-state index contributed by atoms with van der Waals surface area (Å²) >= 11 is 1.65. The van der Waals surface area contributed by atoms with E-state index in [2.05, 4.69) is 31.8 Å². The molecule has 0 saturated carbocycles. The molecule has 1 aromatic heterocycles. The highest BCUT2D eigenvalue weighted by Gasteiger charge is 2.31. The standard InChI is InChI=1S/C15H20N2OS/c1-11(2)12-8-15(18)17(9-12)10-14-6-5-13(19-14)4-3-7-16/h5-6,11-12H,7-10,16H2,1-2H3. The average molecular weight is 276 g/mol. The Morgan fingerprint density at radius 2 is 2.32 bits per heavy atom. The predicted octanol–water partition coefficient (Wildman–Crippen LogP) is 2.06. The number of amides is 1. The molecule has 1 fully saturated rings. The third-order valence-electron chi connectivity index (χ3n) is 3.51. The minimum Gasteiger partial charge on any atom is -0.337 e. The van der Waals surface area contributed by atoms with E-state index >= 15 is 0 Å². The molecule has 102 valence electrons. The quantitative estimate of drug-likeness (QED) is 0.859. The van der Waals surface area contributed by atoms with Crippen LogP contribution in [0.15, 0.2) is 12.1 Å². The first-order valence-corrected chi connectivity index (χ1v) is 7.47. The maximum absolute atomic E-state index is 12.0. The van der Waals surface area contributed by atoms with Gasteiger partial charge in [-0.3, -0.25) is 4.79 Å². The van der Waals surface area contributed by atoms with Crippen LogP contribution >= 0.6 is 11.3 Å². The highest BCUT2D eigenvalue weighted by molar-refractivity contribution is 7.12. The normalized spacial score (nSPS) is 18.8. The van der Waals surface area contributed by atoms with Gasteiger partial charge in [0.1, 0.15) is 0 Å². The van der Waals surface area contributed by atoms with Crippen molar-refractivity contribution in [1.82, 2.24) is 4.90 Å². The van der Waals surface area contributed by atoms with Gasteiger partial charge in [0.25, 0.3) is 0 Å². The number of hydrogen-bond donors (Lipinski definition) is 1. The van der Waals surface area contributed by atoms with Crippen molar-refractivity contribution in [2.45, 2.75) is 26.8 Å². The van der Waals surface area contributed by atoms with Gasteiger partial charge >= 0.3 is 0 Å². The van der Waals surface area contributed by atoms with Crippen molar-refractivity contribution in [1.29, 1.82) is 0 Å². The maximum Gasteiger partial charge on any atom is 0.223 e. The van der Waals surface area contributed by atoms with Crippen molar-refractivity contribution in [3.63, 3.8) is 0 Å². The minimum absolute atomic E-state index is 0.279. The molecule has 0 radical (unpaired) electrons. The minimum atomic E-state index is 0.279. The van der Waals surface area contributed by atoms with Crippen LogP contribution in [0.5, 0.6) is 0 Å². The average Bonchev–Trinajstić information content (AvgIpc) is 2.95.